The Morgan fingerprint density at radius 2 is 1.65 bits per heavy atom. The molecule has 0 saturated heterocycles. The Morgan fingerprint density at radius 1 is 1.10 bits per heavy atom. The summed E-state index contributed by atoms with van der Waals surface area (Å²) >= 11 is 0. The van der Waals surface area contributed by atoms with Crippen LogP contribution in [-0.2, 0) is 14.4 Å². The summed E-state index contributed by atoms with van der Waals surface area (Å²) < 4.78 is 0. The van der Waals surface area contributed by atoms with Gasteiger partial charge in [-0.2, -0.15) is 5.06 Å². The van der Waals surface area contributed by atoms with Crippen LogP contribution in [0.25, 0.3) is 0 Å². The van der Waals surface area contributed by atoms with Gasteiger partial charge in [0.1, 0.15) is 11.8 Å². The Hall–Kier alpha value is -2.87. The highest BCUT2D eigenvalue weighted by Crippen LogP contribution is 2.24. The normalized spacial score (nSPS) is 13.3. The van der Waals surface area contributed by atoms with Crippen LogP contribution in [-0.4, -0.2) is 39.1 Å². The molecule has 0 aliphatic heterocycles. The number of phenols is 1. The summed E-state index contributed by atoms with van der Waals surface area (Å²) in [4.78, 5) is 38.3. The number of amides is 3. The fourth-order valence-corrected chi connectivity index (χ4v) is 3.06. The predicted molar refractivity (Wildman–Crippen MR) is 119 cm³/mol. The van der Waals surface area contributed by atoms with Crippen LogP contribution in [0.2, 0.25) is 0 Å². The third-order valence-corrected chi connectivity index (χ3v) is 4.70. The van der Waals surface area contributed by atoms with Crippen molar-refractivity contribution < 1.29 is 24.7 Å². The van der Waals surface area contributed by atoms with E-state index in [2.05, 4.69) is 17.2 Å². The first-order valence-corrected chi connectivity index (χ1v) is 10.3. The van der Waals surface area contributed by atoms with E-state index in [0.717, 1.165) is 0 Å². The molecule has 0 radical (unpaired) electrons. The number of hydrogen-bond acceptors (Lipinski definition) is 5. The van der Waals surface area contributed by atoms with Gasteiger partial charge in [0.25, 0.3) is 5.91 Å². The van der Waals surface area contributed by atoms with Crippen LogP contribution in [0.1, 0.15) is 54.4 Å². The fourth-order valence-electron chi connectivity index (χ4n) is 3.06. The summed E-state index contributed by atoms with van der Waals surface area (Å²) in [6, 6.07) is 5.15. The van der Waals surface area contributed by atoms with Crippen LogP contribution in [0.5, 0.6) is 5.75 Å². The molecule has 4 N–H and O–H groups in total. The first-order chi connectivity index (χ1) is 14.2. The molecule has 0 saturated carbocycles. The molecule has 0 aliphatic carbocycles. The lowest BCUT2D eigenvalue weighted by Crippen LogP contribution is -2.53. The monoisotopic (exact) mass is 433 g/mol. The van der Waals surface area contributed by atoms with Crippen LogP contribution in [0.15, 0.2) is 36.5 Å². The second-order valence-corrected chi connectivity index (χ2v) is 9.32. The van der Waals surface area contributed by atoms with Gasteiger partial charge in [0.05, 0.1) is 0 Å². The van der Waals surface area contributed by atoms with E-state index in [1.54, 1.807) is 12.1 Å². The van der Waals surface area contributed by atoms with E-state index < -0.39 is 35.1 Å². The number of phenolic OH excluding ortho intramolecular Hbond substituents is 1. The van der Waals surface area contributed by atoms with Crippen molar-refractivity contribution in [3.63, 3.8) is 0 Å². The lowest BCUT2D eigenvalue weighted by molar-refractivity contribution is -0.159. The van der Waals surface area contributed by atoms with Gasteiger partial charge < -0.3 is 15.7 Å². The second-order valence-electron chi connectivity index (χ2n) is 9.32. The van der Waals surface area contributed by atoms with Crippen molar-refractivity contribution in [2.75, 3.05) is 5.32 Å². The first-order valence-electron chi connectivity index (χ1n) is 10.3. The van der Waals surface area contributed by atoms with Crippen LogP contribution in [0.3, 0.4) is 0 Å². The predicted octanol–water partition coefficient (Wildman–Crippen LogP) is 3.67. The minimum absolute atomic E-state index is 0.0764. The zero-order valence-electron chi connectivity index (χ0n) is 19.2. The minimum atomic E-state index is -0.870. The number of nitrogens with one attached hydrogen (secondary N) is 2. The summed E-state index contributed by atoms with van der Waals surface area (Å²) in [5, 5.41) is 25.2. The molecule has 172 valence electrons. The maximum atomic E-state index is 13.1. The van der Waals surface area contributed by atoms with Crippen LogP contribution in [0.4, 0.5) is 5.69 Å². The molecule has 3 amide bonds. The number of aromatic hydroxyl groups is 1. The van der Waals surface area contributed by atoms with Gasteiger partial charge in [-0.25, -0.2) is 0 Å². The largest absolute Gasteiger partial charge is 0.508 e. The highest BCUT2D eigenvalue weighted by molar-refractivity contribution is 5.98. The SMILES string of the molecule is C=C(C)N(O)C(=O)C[C@@H](CC(C)C)C(=O)NC(C(=O)Nc1ccc(O)cc1)C(C)(C)C. The number of hydrogen-bond donors (Lipinski definition) is 4. The van der Waals surface area contributed by atoms with Crippen LogP contribution >= 0.6 is 0 Å². The van der Waals surface area contributed by atoms with E-state index in [4.69, 9.17) is 0 Å². The third kappa shape index (κ3) is 8.41. The van der Waals surface area contributed by atoms with E-state index in [-0.39, 0.29) is 23.8 Å². The lowest BCUT2D eigenvalue weighted by atomic mass is 9.85. The van der Waals surface area contributed by atoms with Crippen molar-refractivity contribution in [3.05, 3.63) is 36.5 Å². The number of hydroxylamine groups is 2. The molecule has 1 rings (SSSR count). The van der Waals surface area contributed by atoms with E-state index in [9.17, 15) is 24.7 Å². The molecule has 1 aromatic rings. The summed E-state index contributed by atoms with van der Waals surface area (Å²) in [5.74, 6) is -1.99. The fraction of sp³-hybridized carbons (Fsp3) is 0.522. The van der Waals surface area contributed by atoms with Gasteiger partial charge in [-0.1, -0.05) is 41.2 Å². The summed E-state index contributed by atoms with van der Waals surface area (Å²) in [6.45, 7) is 14.3. The minimum Gasteiger partial charge on any atom is -0.508 e. The third-order valence-electron chi connectivity index (χ3n) is 4.70. The molecule has 0 bridgehead atoms. The number of carbonyl (C=O) groups excluding carboxylic acids is 3. The smallest absolute Gasteiger partial charge is 0.251 e. The maximum Gasteiger partial charge on any atom is 0.251 e. The maximum absolute atomic E-state index is 13.1. The molecule has 0 fully saturated rings. The highest BCUT2D eigenvalue weighted by atomic mass is 16.5. The molecule has 0 heterocycles. The van der Waals surface area contributed by atoms with Crippen molar-refractivity contribution >= 4 is 23.4 Å². The Kier molecular flexibility index (Phi) is 9.24. The van der Waals surface area contributed by atoms with Gasteiger partial charge in [0.15, 0.2) is 0 Å². The number of carbonyl (C=O) groups is 3. The molecule has 8 nitrogen and oxygen atoms in total. The average molecular weight is 434 g/mol. The molecular weight excluding hydrogens is 398 g/mol. The molecule has 0 spiro atoms. The number of anilines is 1. The van der Waals surface area contributed by atoms with E-state index in [1.165, 1.54) is 19.1 Å². The zero-order chi connectivity index (χ0) is 23.9. The molecule has 0 aromatic heterocycles. The van der Waals surface area contributed by atoms with Crippen molar-refractivity contribution in [2.24, 2.45) is 17.3 Å². The van der Waals surface area contributed by atoms with Gasteiger partial charge in [0.2, 0.25) is 11.8 Å². The molecule has 1 unspecified atom stereocenters. The van der Waals surface area contributed by atoms with Gasteiger partial charge in [0, 0.05) is 23.7 Å². The number of rotatable bonds is 9. The molecule has 8 heteroatoms. The topological polar surface area (TPSA) is 119 Å². The summed E-state index contributed by atoms with van der Waals surface area (Å²) in [5.41, 5.74) is 0.0381. The Bertz CT molecular complexity index is 796. The van der Waals surface area contributed by atoms with Crippen LogP contribution in [0, 0.1) is 17.3 Å². The molecule has 1 aromatic carbocycles. The Labute approximate surface area is 184 Å². The first kappa shape index (κ1) is 26.2. The van der Waals surface area contributed by atoms with Gasteiger partial charge in [-0.3, -0.25) is 19.6 Å². The second kappa shape index (κ2) is 10.9. The number of allylic oxidation sites excluding steroid dienone is 1. The standard InChI is InChI=1S/C23H35N3O5/c1-14(2)12-16(13-19(28)26(31)15(3)4)21(29)25-20(23(5,6)7)22(30)24-17-8-10-18(27)11-9-17/h8-11,14,16,20,27,31H,3,12-13H2,1-2,4-7H3,(H,24,30)(H,25,29)/t16-,20?/m1/s1. The van der Waals surface area contributed by atoms with Crippen LogP contribution < -0.4 is 10.6 Å². The van der Waals surface area contributed by atoms with E-state index >= 15 is 0 Å². The zero-order valence-corrected chi connectivity index (χ0v) is 19.2. The molecule has 31 heavy (non-hydrogen) atoms. The average Bonchev–Trinajstić information content (AvgIpc) is 2.64. The van der Waals surface area contributed by atoms with E-state index in [1.807, 2.05) is 34.6 Å². The van der Waals surface area contributed by atoms with Crippen molar-refractivity contribution in [2.45, 2.75) is 60.4 Å². The molecular formula is C23H35N3O5. The van der Waals surface area contributed by atoms with Crippen molar-refractivity contribution in [3.8, 4) is 5.75 Å². The highest BCUT2D eigenvalue weighted by Gasteiger charge is 2.35. The number of nitrogens with zero attached hydrogens (tertiary/aromatic N) is 1. The summed E-state index contributed by atoms with van der Waals surface area (Å²) in [7, 11) is 0. The number of benzene rings is 1. The Morgan fingerprint density at radius 3 is 2.10 bits per heavy atom. The van der Waals surface area contributed by atoms with E-state index in [0.29, 0.717) is 17.2 Å². The van der Waals surface area contributed by atoms with Gasteiger partial charge >= 0.3 is 0 Å². The van der Waals surface area contributed by atoms with Gasteiger partial charge in [-0.15, -0.1) is 0 Å². The Balaban J connectivity index is 3.02. The quantitative estimate of drug-likeness (QED) is 0.269. The van der Waals surface area contributed by atoms with Crippen molar-refractivity contribution in [1.82, 2.24) is 10.4 Å². The summed E-state index contributed by atoms with van der Waals surface area (Å²) in [6.07, 6.45) is 0.210. The lowest BCUT2D eigenvalue weighted by Gasteiger charge is -2.32. The molecule has 0 aliphatic rings. The van der Waals surface area contributed by atoms with Crippen molar-refractivity contribution in [1.29, 1.82) is 0 Å². The molecule has 2 atom stereocenters. The van der Waals surface area contributed by atoms with Gasteiger partial charge in [-0.05, 0) is 48.9 Å².